The van der Waals surface area contributed by atoms with Crippen molar-refractivity contribution in [2.45, 2.75) is 25.7 Å². The van der Waals surface area contributed by atoms with Crippen LogP contribution in [0.5, 0.6) is 0 Å². The van der Waals surface area contributed by atoms with Gasteiger partial charge in [0.2, 0.25) is 15.9 Å². The van der Waals surface area contributed by atoms with Crippen LogP contribution < -0.4 is 4.72 Å². The Labute approximate surface area is 163 Å². The fourth-order valence-corrected chi connectivity index (χ4v) is 4.11. The van der Waals surface area contributed by atoms with Gasteiger partial charge in [-0.1, -0.05) is 18.2 Å². The average molecular weight is 404 g/mol. The molecular formula is C18H24N6O3S. The van der Waals surface area contributed by atoms with Gasteiger partial charge >= 0.3 is 0 Å². The van der Waals surface area contributed by atoms with Crippen LogP contribution in [0.2, 0.25) is 0 Å². The Morgan fingerprint density at radius 2 is 2.00 bits per heavy atom. The summed E-state index contributed by atoms with van der Waals surface area (Å²) < 4.78 is 32.1. The third-order valence-electron chi connectivity index (χ3n) is 5.12. The highest BCUT2D eigenvalue weighted by atomic mass is 32.2. The predicted molar refractivity (Wildman–Crippen MR) is 105 cm³/mol. The van der Waals surface area contributed by atoms with E-state index >= 15 is 0 Å². The van der Waals surface area contributed by atoms with Gasteiger partial charge in [0.25, 0.3) is 5.95 Å². The highest BCUT2D eigenvalue weighted by Gasteiger charge is 2.26. The SMILES string of the molecule is Cc1nn(-c2noc(C3CCN(CCNS(C)(=O)=O)CC3)n2)c2ccccc12. The number of piperidine rings is 1. The summed E-state index contributed by atoms with van der Waals surface area (Å²) in [5, 5.41) is 9.77. The van der Waals surface area contributed by atoms with Crippen LogP contribution >= 0.6 is 0 Å². The second kappa shape index (κ2) is 7.61. The van der Waals surface area contributed by atoms with E-state index in [-0.39, 0.29) is 5.92 Å². The van der Waals surface area contributed by atoms with E-state index in [4.69, 9.17) is 4.52 Å². The molecule has 0 aliphatic carbocycles. The number of nitrogens with one attached hydrogen (secondary N) is 1. The van der Waals surface area contributed by atoms with E-state index in [1.807, 2.05) is 31.2 Å². The first-order chi connectivity index (χ1) is 13.4. The van der Waals surface area contributed by atoms with Crippen molar-refractivity contribution >= 4 is 20.9 Å². The summed E-state index contributed by atoms with van der Waals surface area (Å²) in [5.41, 5.74) is 1.89. The van der Waals surface area contributed by atoms with Gasteiger partial charge in [0, 0.05) is 24.4 Å². The molecule has 3 heterocycles. The summed E-state index contributed by atoms with van der Waals surface area (Å²) >= 11 is 0. The largest absolute Gasteiger partial charge is 0.337 e. The number of aryl methyl sites for hydroxylation is 1. The lowest BCUT2D eigenvalue weighted by Gasteiger charge is -2.30. The summed E-state index contributed by atoms with van der Waals surface area (Å²) in [6, 6.07) is 7.98. The molecule has 1 aliphatic rings. The van der Waals surface area contributed by atoms with Crippen molar-refractivity contribution in [3.8, 4) is 5.95 Å². The molecule has 3 aromatic rings. The molecule has 1 N–H and O–H groups in total. The van der Waals surface area contributed by atoms with Gasteiger partial charge in [-0.15, -0.1) is 0 Å². The third-order valence-corrected chi connectivity index (χ3v) is 5.85. The molecule has 9 nitrogen and oxygen atoms in total. The van der Waals surface area contributed by atoms with Crippen LogP contribution in [0.4, 0.5) is 0 Å². The van der Waals surface area contributed by atoms with E-state index in [0.717, 1.165) is 42.5 Å². The summed E-state index contributed by atoms with van der Waals surface area (Å²) in [6.45, 7) is 4.84. The van der Waals surface area contributed by atoms with Crippen LogP contribution in [0.1, 0.15) is 30.3 Å². The molecule has 0 bridgehead atoms. The molecule has 0 spiro atoms. The molecule has 0 radical (unpaired) electrons. The van der Waals surface area contributed by atoms with E-state index in [1.165, 1.54) is 6.26 Å². The van der Waals surface area contributed by atoms with E-state index in [2.05, 4.69) is 24.9 Å². The van der Waals surface area contributed by atoms with Gasteiger partial charge in [0.1, 0.15) is 0 Å². The van der Waals surface area contributed by atoms with Gasteiger partial charge in [0.15, 0.2) is 0 Å². The van der Waals surface area contributed by atoms with Gasteiger partial charge in [-0.05, 0) is 44.1 Å². The molecule has 4 rings (SSSR count). The lowest BCUT2D eigenvalue weighted by Crippen LogP contribution is -2.39. The molecule has 1 aliphatic heterocycles. The van der Waals surface area contributed by atoms with E-state index in [9.17, 15) is 8.42 Å². The van der Waals surface area contributed by atoms with Crippen LogP contribution in [-0.2, 0) is 10.0 Å². The predicted octanol–water partition coefficient (Wildman–Crippen LogP) is 1.45. The topological polar surface area (TPSA) is 106 Å². The molecule has 1 fully saturated rings. The smallest absolute Gasteiger partial charge is 0.291 e. The van der Waals surface area contributed by atoms with Crippen molar-refractivity contribution in [3.63, 3.8) is 0 Å². The Hall–Kier alpha value is -2.30. The Kier molecular flexibility index (Phi) is 5.17. The molecule has 0 saturated carbocycles. The van der Waals surface area contributed by atoms with Crippen molar-refractivity contribution in [1.82, 2.24) is 29.5 Å². The Balaban J connectivity index is 1.40. The molecule has 2 aromatic heterocycles. The van der Waals surface area contributed by atoms with Crippen molar-refractivity contribution in [3.05, 3.63) is 35.9 Å². The van der Waals surface area contributed by atoms with Gasteiger partial charge in [-0.2, -0.15) is 14.8 Å². The zero-order valence-corrected chi connectivity index (χ0v) is 16.8. The van der Waals surface area contributed by atoms with E-state index in [0.29, 0.717) is 24.9 Å². The zero-order valence-electron chi connectivity index (χ0n) is 16.0. The van der Waals surface area contributed by atoms with Gasteiger partial charge in [-0.3, -0.25) is 0 Å². The highest BCUT2D eigenvalue weighted by Crippen LogP contribution is 2.28. The van der Waals surface area contributed by atoms with Crippen molar-refractivity contribution in [2.24, 2.45) is 0 Å². The first kappa shape index (κ1) is 19.0. The second-order valence-electron chi connectivity index (χ2n) is 7.23. The monoisotopic (exact) mass is 404 g/mol. The van der Waals surface area contributed by atoms with Gasteiger partial charge in [0.05, 0.1) is 17.5 Å². The van der Waals surface area contributed by atoms with Crippen molar-refractivity contribution in [1.29, 1.82) is 0 Å². The van der Waals surface area contributed by atoms with Crippen LogP contribution in [0.3, 0.4) is 0 Å². The van der Waals surface area contributed by atoms with Crippen LogP contribution in [0.15, 0.2) is 28.8 Å². The number of hydrogen-bond acceptors (Lipinski definition) is 7. The summed E-state index contributed by atoms with van der Waals surface area (Å²) in [5.74, 6) is 1.31. The number of hydrogen-bond donors (Lipinski definition) is 1. The van der Waals surface area contributed by atoms with Crippen LogP contribution in [-0.4, -0.2) is 65.7 Å². The fraction of sp³-hybridized carbons (Fsp3) is 0.500. The zero-order chi connectivity index (χ0) is 19.7. The summed E-state index contributed by atoms with van der Waals surface area (Å²) in [7, 11) is -3.13. The molecule has 0 amide bonds. The Bertz CT molecular complexity index is 1070. The first-order valence-electron chi connectivity index (χ1n) is 9.36. The third kappa shape index (κ3) is 4.08. The Morgan fingerprint density at radius 3 is 2.75 bits per heavy atom. The molecule has 0 unspecified atom stereocenters. The average Bonchev–Trinajstić information content (AvgIpc) is 3.27. The maximum atomic E-state index is 11.1. The summed E-state index contributed by atoms with van der Waals surface area (Å²) in [6.07, 6.45) is 2.98. The number of benzene rings is 1. The number of aromatic nitrogens is 4. The molecule has 1 aromatic carbocycles. The minimum absolute atomic E-state index is 0.211. The lowest BCUT2D eigenvalue weighted by atomic mass is 9.97. The maximum Gasteiger partial charge on any atom is 0.291 e. The number of likely N-dealkylation sites (tertiary alicyclic amines) is 1. The van der Waals surface area contributed by atoms with Crippen LogP contribution in [0.25, 0.3) is 16.9 Å². The number of para-hydroxylation sites is 1. The number of fused-ring (bicyclic) bond motifs is 1. The molecule has 0 atom stereocenters. The fourth-order valence-electron chi connectivity index (χ4n) is 3.65. The lowest BCUT2D eigenvalue weighted by molar-refractivity contribution is 0.197. The van der Waals surface area contributed by atoms with Crippen molar-refractivity contribution < 1.29 is 12.9 Å². The number of sulfonamides is 1. The number of rotatable bonds is 6. The molecule has 150 valence electrons. The summed E-state index contributed by atoms with van der Waals surface area (Å²) in [4.78, 5) is 6.85. The Morgan fingerprint density at radius 1 is 1.25 bits per heavy atom. The second-order valence-corrected chi connectivity index (χ2v) is 9.06. The first-order valence-corrected chi connectivity index (χ1v) is 11.3. The maximum absolute atomic E-state index is 11.1. The number of nitrogens with zero attached hydrogens (tertiary/aromatic N) is 5. The van der Waals surface area contributed by atoms with Crippen molar-refractivity contribution in [2.75, 3.05) is 32.4 Å². The van der Waals surface area contributed by atoms with Gasteiger partial charge in [-0.25, -0.2) is 13.1 Å². The highest BCUT2D eigenvalue weighted by molar-refractivity contribution is 7.88. The minimum atomic E-state index is -3.13. The minimum Gasteiger partial charge on any atom is -0.337 e. The molecule has 1 saturated heterocycles. The molecular weight excluding hydrogens is 380 g/mol. The van der Waals surface area contributed by atoms with Crippen LogP contribution in [0, 0.1) is 6.92 Å². The quantitative estimate of drug-likeness (QED) is 0.663. The van der Waals surface area contributed by atoms with Gasteiger partial charge < -0.3 is 9.42 Å². The van der Waals surface area contributed by atoms with E-state index < -0.39 is 10.0 Å². The molecule has 10 heteroatoms. The molecule has 28 heavy (non-hydrogen) atoms. The standard InChI is InChI=1S/C18H24N6O3S/c1-13-15-5-3-4-6-16(15)24(21-13)18-20-17(27-22-18)14-7-10-23(11-8-14)12-9-19-28(2,25)26/h3-6,14,19H,7-12H2,1-2H3. The normalized spacial score (nSPS) is 16.8. The van der Waals surface area contributed by atoms with E-state index in [1.54, 1.807) is 4.68 Å².